The Kier molecular flexibility index (Phi) is 5.05. The van der Waals surface area contributed by atoms with Gasteiger partial charge in [0, 0.05) is 18.2 Å². The van der Waals surface area contributed by atoms with E-state index in [0.717, 1.165) is 18.4 Å². The van der Waals surface area contributed by atoms with Crippen LogP contribution in [0.25, 0.3) is 6.08 Å². The first kappa shape index (κ1) is 17.2. The van der Waals surface area contributed by atoms with Crippen LogP contribution < -0.4 is 0 Å². The standard InChI is InChI=1S/C16H19NO5S2/c18-15(9-22-16(19)4-1-12-5-7-23-10-12)17(13-2-3-13)14-6-8-24(20,21)11-14/h1,4-5,7,10,13-14H,2-3,6,8-9,11H2/b4-1+/t14-/m1/s1. The average Bonchev–Trinajstić information content (AvgIpc) is 3.08. The Bertz CT molecular complexity index is 735. The minimum absolute atomic E-state index is 0.0151. The van der Waals surface area contributed by atoms with Crippen LogP contribution in [0.5, 0.6) is 0 Å². The van der Waals surface area contributed by atoms with Crippen LogP contribution in [0.1, 0.15) is 24.8 Å². The van der Waals surface area contributed by atoms with Crippen molar-refractivity contribution in [2.75, 3.05) is 18.1 Å². The Morgan fingerprint density at radius 1 is 1.29 bits per heavy atom. The predicted molar refractivity (Wildman–Crippen MR) is 91.2 cm³/mol. The molecular formula is C16H19NO5S2. The Morgan fingerprint density at radius 2 is 2.08 bits per heavy atom. The van der Waals surface area contributed by atoms with E-state index in [0.29, 0.717) is 6.42 Å². The molecule has 6 nitrogen and oxygen atoms in total. The van der Waals surface area contributed by atoms with Gasteiger partial charge in [-0.2, -0.15) is 11.3 Å². The molecule has 3 rings (SSSR count). The second-order valence-corrected chi connectivity index (χ2v) is 9.10. The number of hydrogen-bond donors (Lipinski definition) is 0. The van der Waals surface area contributed by atoms with Gasteiger partial charge in [-0.15, -0.1) is 0 Å². The summed E-state index contributed by atoms with van der Waals surface area (Å²) in [7, 11) is -3.06. The topological polar surface area (TPSA) is 80.8 Å². The SMILES string of the molecule is O=C(/C=C/c1ccsc1)OCC(=O)N(C1CC1)[C@@H]1CCS(=O)(=O)C1. The summed E-state index contributed by atoms with van der Waals surface area (Å²) < 4.78 is 28.3. The zero-order valence-corrected chi connectivity index (χ0v) is 14.7. The van der Waals surface area contributed by atoms with E-state index in [4.69, 9.17) is 4.74 Å². The number of hydrogen-bond acceptors (Lipinski definition) is 6. The minimum atomic E-state index is -3.06. The van der Waals surface area contributed by atoms with Crippen LogP contribution in [0.2, 0.25) is 0 Å². The largest absolute Gasteiger partial charge is 0.452 e. The number of amides is 1. The van der Waals surface area contributed by atoms with Gasteiger partial charge < -0.3 is 9.64 Å². The van der Waals surface area contributed by atoms with Crippen molar-refractivity contribution in [3.8, 4) is 0 Å². The normalized spacial score (nSPS) is 22.6. The fourth-order valence-corrected chi connectivity index (χ4v) is 5.18. The van der Waals surface area contributed by atoms with Crippen molar-refractivity contribution in [1.82, 2.24) is 4.90 Å². The van der Waals surface area contributed by atoms with Crippen LogP contribution in [-0.2, 0) is 24.2 Å². The molecule has 1 aliphatic heterocycles. The number of carbonyl (C=O) groups excluding carboxylic acids is 2. The van der Waals surface area contributed by atoms with E-state index in [1.165, 1.54) is 17.4 Å². The fraction of sp³-hybridized carbons (Fsp3) is 0.500. The molecule has 2 aliphatic rings. The molecule has 0 radical (unpaired) electrons. The quantitative estimate of drug-likeness (QED) is 0.560. The minimum Gasteiger partial charge on any atom is -0.452 e. The average molecular weight is 369 g/mol. The Balaban J connectivity index is 1.53. The molecule has 0 aromatic carbocycles. The molecule has 0 spiro atoms. The van der Waals surface area contributed by atoms with Crippen LogP contribution in [0.4, 0.5) is 0 Å². The number of esters is 1. The zero-order chi connectivity index (χ0) is 17.2. The van der Waals surface area contributed by atoms with Gasteiger partial charge in [0.15, 0.2) is 16.4 Å². The molecule has 8 heteroatoms. The molecule has 1 aromatic heterocycles. The highest BCUT2D eigenvalue weighted by Gasteiger charge is 2.42. The van der Waals surface area contributed by atoms with E-state index in [1.807, 2.05) is 16.8 Å². The third-order valence-corrected chi connectivity index (χ3v) is 6.57. The summed E-state index contributed by atoms with van der Waals surface area (Å²) in [5, 5.41) is 3.79. The van der Waals surface area contributed by atoms with Crippen molar-refractivity contribution in [3.05, 3.63) is 28.5 Å². The second-order valence-electron chi connectivity index (χ2n) is 6.09. The molecular weight excluding hydrogens is 350 g/mol. The van der Waals surface area contributed by atoms with Crippen LogP contribution in [-0.4, -0.2) is 55.4 Å². The lowest BCUT2D eigenvalue weighted by atomic mass is 10.2. The summed E-state index contributed by atoms with van der Waals surface area (Å²) in [6.07, 6.45) is 5.15. The summed E-state index contributed by atoms with van der Waals surface area (Å²) in [6, 6.07) is 1.68. The summed E-state index contributed by atoms with van der Waals surface area (Å²) >= 11 is 1.52. The van der Waals surface area contributed by atoms with Crippen molar-refractivity contribution < 1.29 is 22.7 Å². The molecule has 1 aliphatic carbocycles. The number of nitrogens with zero attached hydrogens (tertiary/aromatic N) is 1. The molecule has 1 saturated carbocycles. The third-order valence-electron chi connectivity index (χ3n) is 4.12. The summed E-state index contributed by atoms with van der Waals surface area (Å²) in [6.45, 7) is -0.347. The third kappa shape index (κ3) is 4.45. The van der Waals surface area contributed by atoms with Crippen molar-refractivity contribution in [2.24, 2.45) is 0 Å². The highest BCUT2D eigenvalue weighted by atomic mass is 32.2. The van der Waals surface area contributed by atoms with E-state index < -0.39 is 15.8 Å². The number of ether oxygens (including phenoxy) is 1. The molecule has 2 heterocycles. The number of thiophene rings is 1. The van der Waals surface area contributed by atoms with Crippen molar-refractivity contribution in [2.45, 2.75) is 31.3 Å². The van der Waals surface area contributed by atoms with E-state index in [1.54, 1.807) is 11.0 Å². The molecule has 1 aromatic rings. The first-order valence-corrected chi connectivity index (χ1v) is 10.6. The monoisotopic (exact) mass is 369 g/mol. The van der Waals surface area contributed by atoms with Crippen LogP contribution in [0.3, 0.4) is 0 Å². The molecule has 130 valence electrons. The smallest absolute Gasteiger partial charge is 0.331 e. The molecule has 24 heavy (non-hydrogen) atoms. The highest BCUT2D eigenvalue weighted by molar-refractivity contribution is 7.91. The van der Waals surface area contributed by atoms with Crippen LogP contribution in [0, 0.1) is 0 Å². The molecule has 1 saturated heterocycles. The predicted octanol–water partition coefficient (Wildman–Crippen LogP) is 1.48. The van der Waals surface area contributed by atoms with E-state index in [2.05, 4.69) is 0 Å². The van der Waals surface area contributed by atoms with Crippen LogP contribution in [0.15, 0.2) is 22.9 Å². The second kappa shape index (κ2) is 7.06. The Hall–Kier alpha value is -1.67. The lowest BCUT2D eigenvalue weighted by Crippen LogP contribution is -2.44. The molecule has 1 atom stereocenters. The fourth-order valence-electron chi connectivity index (χ4n) is 2.84. The molecule has 0 unspecified atom stereocenters. The summed E-state index contributed by atoms with van der Waals surface area (Å²) in [4.78, 5) is 25.7. The van der Waals surface area contributed by atoms with Gasteiger partial charge in [-0.1, -0.05) is 0 Å². The van der Waals surface area contributed by atoms with E-state index >= 15 is 0 Å². The van der Waals surface area contributed by atoms with Gasteiger partial charge in [0.05, 0.1) is 11.5 Å². The van der Waals surface area contributed by atoms with Gasteiger partial charge in [0.2, 0.25) is 0 Å². The lowest BCUT2D eigenvalue weighted by molar-refractivity contribution is -0.149. The van der Waals surface area contributed by atoms with Crippen molar-refractivity contribution in [1.29, 1.82) is 0 Å². The maximum atomic E-state index is 12.4. The van der Waals surface area contributed by atoms with Gasteiger partial charge in [0.1, 0.15) is 0 Å². The lowest BCUT2D eigenvalue weighted by Gasteiger charge is -2.28. The van der Waals surface area contributed by atoms with E-state index in [-0.39, 0.29) is 36.1 Å². The van der Waals surface area contributed by atoms with Gasteiger partial charge >= 0.3 is 5.97 Å². The van der Waals surface area contributed by atoms with Crippen LogP contribution >= 0.6 is 11.3 Å². The van der Waals surface area contributed by atoms with Gasteiger partial charge in [0.25, 0.3) is 5.91 Å². The Labute approximate surface area is 145 Å². The van der Waals surface area contributed by atoms with E-state index in [9.17, 15) is 18.0 Å². The number of rotatable bonds is 6. The van der Waals surface area contributed by atoms with Crippen molar-refractivity contribution in [3.63, 3.8) is 0 Å². The first-order valence-electron chi connectivity index (χ1n) is 7.83. The van der Waals surface area contributed by atoms with Crippen molar-refractivity contribution >= 4 is 39.1 Å². The maximum absolute atomic E-state index is 12.4. The Morgan fingerprint density at radius 3 is 2.67 bits per heavy atom. The molecule has 1 amide bonds. The number of carbonyl (C=O) groups is 2. The summed E-state index contributed by atoms with van der Waals surface area (Å²) in [5.74, 6) is -0.750. The van der Waals surface area contributed by atoms with Gasteiger partial charge in [-0.3, -0.25) is 4.79 Å². The van der Waals surface area contributed by atoms with Gasteiger partial charge in [-0.05, 0) is 47.7 Å². The molecule has 0 bridgehead atoms. The maximum Gasteiger partial charge on any atom is 0.331 e. The highest BCUT2D eigenvalue weighted by Crippen LogP contribution is 2.32. The first-order chi connectivity index (χ1) is 11.4. The zero-order valence-electron chi connectivity index (χ0n) is 13.1. The number of sulfone groups is 1. The molecule has 2 fully saturated rings. The van der Waals surface area contributed by atoms with Gasteiger partial charge in [-0.25, -0.2) is 13.2 Å². The summed E-state index contributed by atoms with van der Waals surface area (Å²) in [5.41, 5.74) is 0.902. The molecule has 0 N–H and O–H groups in total.